The van der Waals surface area contributed by atoms with Crippen LogP contribution < -0.4 is 5.32 Å². The standard InChI is InChI=1S/C17H26N2O2/c1-12-6-8-14-10-13(7-9-15(14)18-12)11-19(5)16(20)21-17(2,3)4/h7,9-10,12,18H,6,8,11H2,1-5H3. The highest BCUT2D eigenvalue weighted by Crippen LogP contribution is 2.26. The first-order valence-electron chi connectivity index (χ1n) is 7.57. The summed E-state index contributed by atoms with van der Waals surface area (Å²) in [4.78, 5) is 13.6. The molecule has 0 aliphatic carbocycles. The minimum atomic E-state index is -0.457. The first-order valence-corrected chi connectivity index (χ1v) is 7.57. The van der Waals surface area contributed by atoms with Crippen LogP contribution in [0.4, 0.5) is 10.5 Å². The highest BCUT2D eigenvalue weighted by Gasteiger charge is 2.20. The largest absolute Gasteiger partial charge is 0.444 e. The Hall–Kier alpha value is -1.71. The number of carbonyl (C=O) groups excluding carboxylic acids is 1. The van der Waals surface area contributed by atoms with Gasteiger partial charge in [0.25, 0.3) is 0 Å². The smallest absolute Gasteiger partial charge is 0.410 e. The number of aryl methyl sites for hydroxylation is 1. The molecule has 0 spiro atoms. The minimum Gasteiger partial charge on any atom is -0.444 e. The van der Waals surface area contributed by atoms with Crippen LogP contribution in [0.15, 0.2) is 18.2 Å². The molecule has 116 valence electrons. The van der Waals surface area contributed by atoms with Gasteiger partial charge in [-0.15, -0.1) is 0 Å². The predicted octanol–water partition coefficient (Wildman–Crippen LogP) is 3.80. The van der Waals surface area contributed by atoms with Crippen molar-refractivity contribution in [1.82, 2.24) is 4.90 Å². The molecule has 1 heterocycles. The second-order valence-electron chi connectivity index (χ2n) is 6.91. The summed E-state index contributed by atoms with van der Waals surface area (Å²) in [5.74, 6) is 0. The average Bonchev–Trinajstić information content (AvgIpc) is 2.37. The average molecular weight is 290 g/mol. The molecule has 1 aromatic rings. The second-order valence-corrected chi connectivity index (χ2v) is 6.91. The molecule has 0 saturated carbocycles. The van der Waals surface area contributed by atoms with Crippen LogP contribution in [0.5, 0.6) is 0 Å². The van der Waals surface area contributed by atoms with Crippen LogP contribution in [0, 0.1) is 0 Å². The van der Waals surface area contributed by atoms with E-state index in [1.165, 1.54) is 11.3 Å². The summed E-state index contributed by atoms with van der Waals surface area (Å²) in [5.41, 5.74) is 3.24. The first kappa shape index (κ1) is 15.7. The number of nitrogens with one attached hydrogen (secondary N) is 1. The van der Waals surface area contributed by atoms with Crippen molar-refractivity contribution in [2.45, 2.75) is 58.7 Å². The van der Waals surface area contributed by atoms with Gasteiger partial charge in [-0.05, 0) is 57.7 Å². The maximum Gasteiger partial charge on any atom is 0.410 e. The zero-order valence-electron chi connectivity index (χ0n) is 13.7. The number of nitrogens with zero attached hydrogens (tertiary/aromatic N) is 1. The van der Waals surface area contributed by atoms with E-state index in [0.717, 1.165) is 18.4 Å². The Morgan fingerprint density at radius 3 is 2.81 bits per heavy atom. The topological polar surface area (TPSA) is 41.6 Å². The van der Waals surface area contributed by atoms with Crippen LogP contribution in [0.25, 0.3) is 0 Å². The van der Waals surface area contributed by atoms with Crippen molar-refractivity contribution in [2.24, 2.45) is 0 Å². The highest BCUT2D eigenvalue weighted by molar-refractivity contribution is 5.68. The monoisotopic (exact) mass is 290 g/mol. The van der Waals surface area contributed by atoms with Gasteiger partial charge in [0, 0.05) is 25.3 Å². The van der Waals surface area contributed by atoms with Gasteiger partial charge in [0.15, 0.2) is 0 Å². The lowest BCUT2D eigenvalue weighted by Crippen LogP contribution is -2.33. The molecule has 2 rings (SSSR count). The lowest BCUT2D eigenvalue weighted by molar-refractivity contribution is 0.0285. The van der Waals surface area contributed by atoms with Crippen LogP contribution in [-0.2, 0) is 17.7 Å². The molecule has 1 aromatic carbocycles. The molecule has 1 unspecified atom stereocenters. The molecule has 0 radical (unpaired) electrons. The van der Waals surface area contributed by atoms with E-state index < -0.39 is 5.60 Å². The molecule has 1 aliphatic rings. The fraction of sp³-hybridized carbons (Fsp3) is 0.588. The Bertz CT molecular complexity index is 520. The SMILES string of the molecule is CC1CCc2cc(CN(C)C(=O)OC(C)(C)C)ccc2N1. The van der Waals surface area contributed by atoms with Gasteiger partial charge in [-0.1, -0.05) is 12.1 Å². The molecular weight excluding hydrogens is 264 g/mol. The first-order chi connectivity index (χ1) is 9.74. The van der Waals surface area contributed by atoms with Gasteiger partial charge in [0.05, 0.1) is 0 Å². The maximum absolute atomic E-state index is 12.0. The number of benzene rings is 1. The van der Waals surface area contributed by atoms with Crippen molar-refractivity contribution < 1.29 is 9.53 Å². The van der Waals surface area contributed by atoms with Crippen molar-refractivity contribution in [3.8, 4) is 0 Å². The van der Waals surface area contributed by atoms with Crippen molar-refractivity contribution in [3.63, 3.8) is 0 Å². The highest BCUT2D eigenvalue weighted by atomic mass is 16.6. The number of hydrogen-bond acceptors (Lipinski definition) is 3. The lowest BCUT2D eigenvalue weighted by Gasteiger charge is -2.26. The van der Waals surface area contributed by atoms with Crippen molar-refractivity contribution in [3.05, 3.63) is 29.3 Å². The molecule has 0 fully saturated rings. The van der Waals surface area contributed by atoms with Crippen molar-refractivity contribution >= 4 is 11.8 Å². The fourth-order valence-electron chi connectivity index (χ4n) is 2.48. The summed E-state index contributed by atoms with van der Waals surface area (Å²) in [6.45, 7) is 8.41. The molecule has 0 aromatic heterocycles. The number of carbonyl (C=O) groups is 1. The molecular formula is C17H26N2O2. The third-order valence-corrected chi connectivity index (χ3v) is 3.54. The third-order valence-electron chi connectivity index (χ3n) is 3.54. The molecule has 1 amide bonds. The van der Waals surface area contributed by atoms with Crippen LogP contribution in [0.1, 0.15) is 45.2 Å². The number of anilines is 1. The third kappa shape index (κ3) is 4.38. The van der Waals surface area contributed by atoms with Crippen LogP contribution in [0.2, 0.25) is 0 Å². The van der Waals surface area contributed by atoms with E-state index >= 15 is 0 Å². The van der Waals surface area contributed by atoms with Crippen LogP contribution >= 0.6 is 0 Å². The van der Waals surface area contributed by atoms with E-state index in [9.17, 15) is 4.79 Å². The summed E-state index contributed by atoms with van der Waals surface area (Å²) < 4.78 is 5.37. The summed E-state index contributed by atoms with van der Waals surface area (Å²) in [5, 5.41) is 3.49. The number of amides is 1. The molecule has 21 heavy (non-hydrogen) atoms. The van der Waals surface area contributed by atoms with Crippen LogP contribution in [0.3, 0.4) is 0 Å². The number of ether oxygens (including phenoxy) is 1. The van der Waals surface area contributed by atoms with E-state index in [0.29, 0.717) is 12.6 Å². The van der Waals surface area contributed by atoms with E-state index in [1.54, 1.807) is 11.9 Å². The van der Waals surface area contributed by atoms with Gasteiger partial charge in [0.1, 0.15) is 5.60 Å². The van der Waals surface area contributed by atoms with Gasteiger partial charge in [-0.2, -0.15) is 0 Å². The minimum absolute atomic E-state index is 0.285. The van der Waals surface area contributed by atoms with Gasteiger partial charge in [-0.3, -0.25) is 0 Å². The maximum atomic E-state index is 12.0. The summed E-state index contributed by atoms with van der Waals surface area (Å²) in [7, 11) is 1.77. The van der Waals surface area contributed by atoms with Gasteiger partial charge >= 0.3 is 6.09 Å². The zero-order valence-corrected chi connectivity index (χ0v) is 13.7. The van der Waals surface area contributed by atoms with E-state index in [2.05, 4.69) is 30.4 Å². The fourth-order valence-corrected chi connectivity index (χ4v) is 2.48. The van der Waals surface area contributed by atoms with E-state index in [-0.39, 0.29) is 6.09 Å². The molecule has 4 nitrogen and oxygen atoms in total. The molecule has 4 heteroatoms. The van der Waals surface area contributed by atoms with Gasteiger partial charge in [-0.25, -0.2) is 4.79 Å². The Morgan fingerprint density at radius 2 is 2.14 bits per heavy atom. The molecule has 0 bridgehead atoms. The molecule has 0 saturated heterocycles. The Balaban J connectivity index is 2.02. The van der Waals surface area contributed by atoms with Gasteiger partial charge in [0.2, 0.25) is 0 Å². The number of rotatable bonds is 2. The van der Waals surface area contributed by atoms with E-state index in [1.807, 2.05) is 20.8 Å². The Kier molecular flexibility index (Phi) is 4.45. The van der Waals surface area contributed by atoms with Crippen molar-refractivity contribution in [1.29, 1.82) is 0 Å². The summed E-state index contributed by atoms with van der Waals surface area (Å²) in [6, 6.07) is 6.91. The van der Waals surface area contributed by atoms with Gasteiger partial charge < -0.3 is 15.0 Å². The summed E-state index contributed by atoms with van der Waals surface area (Å²) in [6.07, 6.45) is 1.96. The molecule has 1 atom stereocenters. The van der Waals surface area contributed by atoms with Crippen LogP contribution in [-0.4, -0.2) is 29.7 Å². The second kappa shape index (κ2) is 5.96. The molecule has 1 aliphatic heterocycles. The normalized spacial score (nSPS) is 17.7. The summed E-state index contributed by atoms with van der Waals surface area (Å²) >= 11 is 0. The Morgan fingerprint density at radius 1 is 1.43 bits per heavy atom. The predicted molar refractivity (Wildman–Crippen MR) is 85.5 cm³/mol. The number of hydrogen-bond donors (Lipinski definition) is 1. The van der Waals surface area contributed by atoms with E-state index in [4.69, 9.17) is 4.74 Å². The Labute approximate surface area is 127 Å². The lowest BCUT2D eigenvalue weighted by atomic mass is 9.97. The molecule has 1 N–H and O–H groups in total. The number of fused-ring (bicyclic) bond motifs is 1. The van der Waals surface area contributed by atoms with Crippen molar-refractivity contribution in [2.75, 3.05) is 12.4 Å². The quantitative estimate of drug-likeness (QED) is 0.900. The zero-order chi connectivity index (χ0) is 15.6.